The summed E-state index contributed by atoms with van der Waals surface area (Å²) in [6, 6.07) is 6.11. The van der Waals surface area contributed by atoms with E-state index in [1.807, 2.05) is 29.9 Å². The van der Waals surface area contributed by atoms with Gasteiger partial charge in [0.2, 0.25) is 0 Å². The summed E-state index contributed by atoms with van der Waals surface area (Å²) in [6.45, 7) is 7.12. The average molecular weight is 215 g/mol. The summed E-state index contributed by atoms with van der Waals surface area (Å²) in [5.41, 5.74) is 11.3. The highest BCUT2D eigenvalue weighted by Crippen LogP contribution is 2.25. The molecule has 1 aromatic carbocycles. The SMILES string of the molecule is CCn1ncc(-c2ccc(N)c(C)c2)c1C. The number of nitrogen functional groups attached to an aromatic ring is 1. The second-order valence-corrected chi connectivity index (χ2v) is 4.03. The Bertz CT molecular complexity index is 512. The van der Waals surface area contributed by atoms with E-state index in [1.165, 1.54) is 16.8 Å². The molecule has 0 atom stereocenters. The van der Waals surface area contributed by atoms with Crippen molar-refractivity contribution in [2.45, 2.75) is 27.3 Å². The van der Waals surface area contributed by atoms with Crippen molar-refractivity contribution in [3.05, 3.63) is 35.7 Å². The number of nitrogens with two attached hydrogens (primary N) is 1. The van der Waals surface area contributed by atoms with Gasteiger partial charge >= 0.3 is 0 Å². The molecule has 0 saturated carbocycles. The summed E-state index contributed by atoms with van der Waals surface area (Å²) < 4.78 is 2.00. The van der Waals surface area contributed by atoms with Gasteiger partial charge in [-0.2, -0.15) is 5.10 Å². The average Bonchev–Trinajstić information content (AvgIpc) is 2.64. The van der Waals surface area contributed by atoms with E-state index in [2.05, 4.69) is 25.0 Å². The number of hydrogen-bond donors (Lipinski definition) is 1. The van der Waals surface area contributed by atoms with Crippen LogP contribution in [0.25, 0.3) is 11.1 Å². The zero-order valence-corrected chi connectivity index (χ0v) is 9.99. The lowest BCUT2D eigenvalue weighted by atomic mass is 10.0. The minimum Gasteiger partial charge on any atom is -0.399 e. The predicted octanol–water partition coefficient (Wildman–Crippen LogP) is 2.77. The fourth-order valence-electron chi connectivity index (χ4n) is 1.89. The number of nitrogens with zero attached hydrogens (tertiary/aromatic N) is 2. The first-order valence-electron chi connectivity index (χ1n) is 5.52. The van der Waals surface area contributed by atoms with E-state index in [9.17, 15) is 0 Å². The van der Waals surface area contributed by atoms with Gasteiger partial charge in [-0.15, -0.1) is 0 Å². The Hall–Kier alpha value is -1.77. The van der Waals surface area contributed by atoms with Gasteiger partial charge in [-0.25, -0.2) is 0 Å². The van der Waals surface area contributed by atoms with Crippen molar-refractivity contribution < 1.29 is 0 Å². The predicted molar refractivity (Wildman–Crippen MR) is 67.2 cm³/mol. The molecule has 0 amide bonds. The van der Waals surface area contributed by atoms with E-state index in [-0.39, 0.29) is 0 Å². The van der Waals surface area contributed by atoms with Crippen molar-refractivity contribution in [2.75, 3.05) is 5.73 Å². The maximum Gasteiger partial charge on any atom is 0.0571 e. The van der Waals surface area contributed by atoms with Crippen LogP contribution < -0.4 is 5.73 Å². The number of anilines is 1. The van der Waals surface area contributed by atoms with Gasteiger partial charge in [0.25, 0.3) is 0 Å². The second-order valence-electron chi connectivity index (χ2n) is 4.03. The topological polar surface area (TPSA) is 43.8 Å². The Labute approximate surface area is 95.9 Å². The molecule has 0 fully saturated rings. The summed E-state index contributed by atoms with van der Waals surface area (Å²) in [6.07, 6.45) is 1.92. The molecule has 3 heteroatoms. The number of hydrogen-bond acceptors (Lipinski definition) is 2. The first kappa shape index (κ1) is 10.7. The van der Waals surface area contributed by atoms with Crippen LogP contribution >= 0.6 is 0 Å². The van der Waals surface area contributed by atoms with Gasteiger partial charge < -0.3 is 5.73 Å². The summed E-state index contributed by atoms with van der Waals surface area (Å²) in [7, 11) is 0. The van der Waals surface area contributed by atoms with Crippen molar-refractivity contribution in [2.24, 2.45) is 0 Å². The van der Waals surface area contributed by atoms with Gasteiger partial charge in [0.1, 0.15) is 0 Å². The zero-order chi connectivity index (χ0) is 11.7. The molecule has 3 nitrogen and oxygen atoms in total. The highest BCUT2D eigenvalue weighted by Gasteiger charge is 2.08. The van der Waals surface area contributed by atoms with E-state index in [0.29, 0.717) is 0 Å². The molecule has 2 aromatic rings. The van der Waals surface area contributed by atoms with Crippen LogP contribution in [0.2, 0.25) is 0 Å². The number of rotatable bonds is 2. The molecule has 0 aliphatic rings. The molecule has 2 N–H and O–H groups in total. The monoisotopic (exact) mass is 215 g/mol. The molecule has 1 heterocycles. The van der Waals surface area contributed by atoms with Gasteiger partial charge in [-0.1, -0.05) is 6.07 Å². The van der Waals surface area contributed by atoms with E-state index in [0.717, 1.165) is 17.8 Å². The van der Waals surface area contributed by atoms with E-state index in [1.54, 1.807) is 0 Å². The molecular formula is C13H17N3. The quantitative estimate of drug-likeness (QED) is 0.783. The van der Waals surface area contributed by atoms with Crippen molar-refractivity contribution >= 4 is 5.69 Å². The van der Waals surface area contributed by atoms with E-state index >= 15 is 0 Å². The van der Waals surface area contributed by atoms with Crippen LogP contribution in [0.3, 0.4) is 0 Å². The third-order valence-corrected chi connectivity index (χ3v) is 2.98. The Kier molecular flexibility index (Phi) is 2.69. The Morgan fingerprint density at radius 1 is 1.31 bits per heavy atom. The van der Waals surface area contributed by atoms with Gasteiger partial charge in [0.05, 0.1) is 6.20 Å². The van der Waals surface area contributed by atoms with Gasteiger partial charge in [-0.3, -0.25) is 4.68 Å². The van der Waals surface area contributed by atoms with Crippen LogP contribution in [-0.2, 0) is 6.54 Å². The normalized spacial score (nSPS) is 10.7. The summed E-state index contributed by atoms with van der Waals surface area (Å²) in [5, 5.41) is 4.35. The second kappa shape index (κ2) is 4.00. The lowest BCUT2D eigenvalue weighted by molar-refractivity contribution is 0.640. The highest BCUT2D eigenvalue weighted by atomic mass is 15.3. The molecule has 0 saturated heterocycles. The summed E-state index contributed by atoms with van der Waals surface area (Å²) in [4.78, 5) is 0. The number of aromatic nitrogens is 2. The minimum absolute atomic E-state index is 0.837. The van der Waals surface area contributed by atoms with Crippen molar-refractivity contribution in [3.8, 4) is 11.1 Å². The molecule has 1 aromatic heterocycles. The summed E-state index contributed by atoms with van der Waals surface area (Å²) in [5.74, 6) is 0. The number of benzene rings is 1. The maximum absolute atomic E-state index is 5.82. The maximum atomic E-state index is 5.82. The fourth-order valence-corrected chi connectivity index (χ4v) is 1.89. The lowest BCUT2D eigenvalue weighted by Gasteiger charge is -2.05. The largest absolute Gasteiger partial charge is 0.399 e. The smallest absolute Gasteiger partial charge is 0.0571 e. The van der Waals surface area contributed by atoms with Crippen LogP contribution in [0.1, 0.15) is 18.2 Å². The molecule has 0 bridgehead atoms. The molecule has 0 spiro atoms. The van der Waals surface area contributed by atoms with Crippen LogP contribution in [-0.4, -0.2) is 9.78 Å². The van der Waals surface area contributed by atoms with Gasteiger partial charge in [0.15, 0.2) is 0 Å². The van der Waals surface area contributed by atoms with Crippen molar-refractivity contribution in [1.29, 1.82) is 0 Å². The van der Waals surface area contributed by atoms with Crippen LogP contribution in [0.5, 0.6) is 0 Å². The molecular weight excluding hydrogens is 198 g/mol. The van der Waals surface area contributed by atoms with Crippen LogP contribution in [0, 0.1) is 13.8 Å². The summed E-state index contributed by atoms with van der Waals surface area (Å²) >= 11 is 0. The molecule has 84 valence electrons. The minimum atomic E-state index is 0.837. The fraction of sp³-hybridized carbons (Fsp3) is 0.308. The molecule has 0 aliphatic heterocycles. The third-order valence-electron chi connectivity index (χ3n) is 2.98. The Balaban J connectivity index is 2.50. The van der Waals surface area contributed by atoms with Gasteiger partial charge in [-0.05, 0) is 44.0 Å². The zero-order valence-electron chi connectivity index (χ0n) is 9.99. The Morgan fingerprint density at radius 3 is 2.62 bits per heavy atom. The third kappa shape index (κ3) is 1.69. The van der Waals surface area contributed by atoms with Crippen molar-refractivity contribution in [3.63, 3.8) is 0 Å². The standard InChI is InChI=1S/C13H17N3/c1-4-16-10(3)12(8-15-16)11-5-6-13(14)9(2)7-11/h5-8H,4,14H2,1-3H3. The first-order valence-corrected chi connectivity index (χ1v) is 5.52. The lowest BCUT2D eigenvalue weighted by Crippen LogP contribution is -1.98. The molecule has 0 radical (unpaired) electrons. The van der Waals surface area contributed by atoms with Crippen molar-refractivity contribution in [1.82, 2.24) is 9.78 Å². The number of aryl methyl sites for hydroxylation is 2. The molecule has 2 rings (SSSR count). The van der Waals surface area contributed by atoms with Crippen LogP contribution in [0.4, 0.5) is 5.69 Å². The van der Waals surface area contributed by atoms with E-state index in [4.69, 9.17) is 5.73 Å². The Morgan fingerprint density at radius 2 is 2.06 bits per heavy atom. The van der Waals surface area contributed by atoms with Crippen LogP contribution in [0.15, 0.2) is 24.4 Å². The highest BCUT2D eigenvalue weighted by molar-refractivity contribution is 5.68. The van der Waals surface area contributed by atoms with E-state index < -0.39 is 0 Å². The molecule has 0 aliphatic carbocycles. The first-order chi connectivity index (χ1) is 7.63. The molecule has 0 unspecified atom stereocenters. The molecule has 16 heavy (non-hydrogen) atoms. The van der Waals surface area contributed by atoms with Gasteiger partial charge in [0, 0.05) is 23.5 Å².